The molecule has 0 amide bonds. The fourth-order valence-corrected chi connectivity index (χ4v) is 1.52. The number of pyridine rings is 1. The van der Waals surface area contributed by atoms with Gasteiger partial charge < -0.3 is 10.6 Å². The number of hydrogen-bond donors (Lipinski definition) is 2. The molecule has 2 rings (SSSR count). The fourth-order valence-electron chi connectivity index (χ4n) is 1.52. The summed E-state index contributed by atoms with van der Waals surface area (Å²) < 4.78 is 0. The molecule has 0 unspecified atom stereocenters. The molecular formula is C12H19N3. The van der Waals surface area contributed by atoms with Crippen molar-refractivity contribution in [2.24, 2.45) is 0 Å². The van der Waals surface area contributed by atoms with E-state index in [0.717, 1.165) is 18.8 Å². The van der Waals surface area contributed by atoms with Gasteiger partial charge in [0, 0.05) is 30.0 Å². The van der Waals surface area contributed by atoms with Crippen molar-refractivity contribution in [2.75, 3.05) is 17.2 Å². The second-order valence-electron chi connectivity index (χ2n) is 4.54. The van der Waals surface area contributed by atoms with Crippen LogP contribution in [0.15, 0.2) is 18.3 Å². The van der Waals surface area contributed by atoms with Crippen molar-refractivity contribution in [3.63, 3.8) is 0 Å². The first-order valence-electron chi connectivity index (χ1n) is 5.70. The first-order valence-corrected chi connectivity index (χ1v) is 5.70. The normalized spacial score (nSPS) is 17.2. The van der Waals surface area contributed by atoms with E-state index >= 15 is 0 Å². The summed E-state index contributed by atoms with van der Waals surface area (Å²) in [6.45, 7) is 5.39. The van der Waals surface area contributed by atoms with E-state index in [2.05, 4.69) is 35.5 Å². The molecule has 15 heavy (non-hydrogen) atoms. The number of nitrogens with one attached hydrogen (secondary N) is 2. The average Bonchev–Trinajstić information content (AvgIpc) is 2.93. The maximum Gasteiger partial charge on any atom is 0.127 e. The lowest BCUT2D eigenvalue weighted by atomic mass is 10.3. The topological polar surface area (TPSA) is 37.0 Å². The predicted molar refractivity (Wildman–Crippen MR) is 64.3 cm³/mol. The van der Waals surface area contributed by atoms with Crippen molar-refractivity contribution >= 4 is 11.5 Å². The van der Waals surface area contributed by atoms with Gasteiger partial charge in [-0.3, -0.25) is 0 Å². The van der Waals surface area contributed by atoms with E-state index < -0.39 is 0 Å². The molecule has 1 aromatic heterocycles. The van der Waals surface area contributed by atoms with Crippen molar-refractivity contribution < 1.29 is 0 Å². The van der Waals surface area contributed by atoms with Gasteiger partial charge in [-0.25, -0.2) is 4.98 Å². The molecular weight excluding hydrogens is 186 g/mol. The molecule has 0 aromatic carbocycles. The van der Waals surface area contributed by atoms with Gasteiger partial charge in [0.1, 0.15) is 5.82 Å². The number of nitrogens with zero attached hydrogens (tertiary/aromatic N) is 1. The maximum atomic E-state index is 4.28. The Kier molecular flexibility index (Phi) is 2.80. The highest BCUT2D eigenvalue weighted by atomic mass is 15.0. The molecule has 0 saturated heterocycles. The molecule has 0 atom stereocenters. The lowest BCUT2D eigenvalue weighted by molar-refractivity contribution is 0.829. The molecule has 0 radical (unpaired) electrons. The molecule has 2 N–H and O–H groups in total. The summed E-state index contributed by atoms with van der Waals surface area (Å²) in [7, 11) is 0. The van der Waals surface area contributed by atoms with Gasteiger partial charge in [-0.1, -0.05) is 6.92 Å². The Hall–Kier alpha value is -1.25. The summed E-state index contributed by atoms with van der Waals surface area (Å²) in [6.07, 6.45) is 5.52. The van der Waals surface area contributed by atoms with Crippen LogP contribution in [0.25, 0.3) is 0 Å². The van der Waals surface area contributed by atoms with Crippen LogP contribution in [0.4, 0.5) is 11.5 Å². The summed E-state index contributed by atoms with van der Waals surface area (Å²) in [6, 6.07) is 4.11. The highest BCUT2D eigenvalue weighted by molar-refractivity contribution is 5.54. The van der Waals surface area contributed by atoms with Crippen molar-refractivity contribution in [1.82, 2.24) is 4.98 Å². The molecule has 1 heterocycles. The minimum absolute atomic E-state index is 0.337. The summed E-state index contributed by atoms with van der Waals surface area (Å²) in [5.74, 6) is 0.964. The van der Waals surface area contributed by atoms with E-state index in [9.17, 15) is 0 Å². The lowest BCUT2D eigenvalue weighted by Crippen LogP contribution is -2.16. The zero-order chi connectivity index (χ0) is 10.7. The maximum absolute atomic E-state index is 4.28. The Bertz CT molecular complexity index is 331. The van der Waals surface area contributed by atoms with Crippen LogP contribution < -0.4 is 10.6 Å². The van der Waals surface area contributed by atoms with Gasteiger partial charge in [0.2, 0.25) is 0 Å². The van der Waals surface area contributed by atoms with Crippen LogP contribution in [-0.4, -0.2) is 17.1 Å². The standard InChI is InChI=1S/C12H19N3/c1-3-7-13-11-9-10(4-8-14-11)15-12(2)5-6-12/h4,8-9H,3,5-7H2,1-2H3,(H2,13,14,15). The van der Waals surface area contributed by atoms with Crippen LogP contribution in [0.3, 0.4) is 0 Å². The van der Waals surface area contributed by atoms with Gasteiger partial charge in [0.05, 0.1) is 0 Å². The molecule has 1 aliphatic carbocycles. The highest BCUT2D eigenvalue weighted by Crippen LogP contribution is 2.38. The van der Waals surface area contributed by atoms with Gasteiger partial charge in [-0.15, -0.1) is 0 Å². The lowest BCUT2D eigenvalue weighted by Gasteiger charge is -2.13. The Balaban J connectivity index is 1.98. The number of aromatic nitrogens is 1. The van der Waals surface area contributed by atoms with E-state index in [1.54, 1.807) is 0 Å². The van der Waals surface area contributed by atoms with E-state index in [1.165, 1.54) is 18.5 Å². The smallest absolute Gasteiger partial charge is 0.127 e. The zero-order valence-electron chi connectivity index (χ0n) is 9.51. The van der Waals surface area contributed by atoms with E-state index in [4.69, 9.17) is 0 Å². The molecule has 0 spiro atoms. The van der Waals surface area contributed by atoms with Crippen LogP contribution in [0.2, 0.25) is 0 Å². The molecule has 1 aromatic rings. The Morgan fingerprint density at radius 3 is 2.93 bits per heavy atom. The predicted octanol–water partition coefficient (Wildman–Crippen LogP) is 2.87. The number of anilines is 2. The Morgan fingerprint density at radius 2 is 2.27 bits per heavy atom. The summed E-state index contributed by atoms with van der Waals surface area (Å²) >= 11 is 0. The minimum atomic E-state index is 0.337. The second kappa shape index (κ2) is 4.09. The van der Waals surface area contributed by atoms with Crippen molar-refractivity contribution in [1.29, 1.82) is 0 Å². The molecule has 3 heteroatoms. The van der Waals surface area contributed by atoms with Crippen molar-refractivity contribution in [3.8, 4) is 0 Å². The summed E-state index contributed by atoms with van der Waals surface area (Å²) in [4.78, 5) is 4.28. The third-order valence-electron chi connectivity index (χ3n) is 2.76. The average molecular weight is 205 g/mol. The molecule has 0 bridgehead atoms. The summed E-state index contributed by atoms with van der Waals surface area (Å²) in [5, 5.41) is 6.82. The third kappa shape index (κ3) is 2.85. The van der Waals surface area contributed by atoms with Gasteiger partial charge in [-0.2, -0.15) is 0 Å². The SMILES string of the molecule is CCCNc1cc(NC2(C)CC2)ccn1. The molecule has 1 saturated carbocycles. The molecule has 1 fully saturated rings. The van der Waals surface area contributed by atoms with Crippen LogP contribution in [0.5, 0.6) is 0 Å². The van der Waals surface area contributed by atoms with Crippen LogP contribution in [0.1, 0.15) is 33.1 Å². The first-order chi connectivity index (χ1) is 7.22. The zero-order valence-corrected chi connectivity index (χ0v) is 9.51. The fraction of sp³-hybridized carbons (Fsp3) is 0.583. The van der Waals surface area contributed by atoms with Gasteiger partial charge in [0.15, 0.2) is 0 Å². The van der Waals surface area contributed by atoms with Crippen LogP contribution >= 0.6 is 0 Å². The first kappa shape index (κ1) is 10.3. The highest BCUT2D eigenvalue weighted by Gasteiger charge is 2.36. The van der Waals surface area contributed by atoms with E-state index in [1.807, 2.05) is 12.3 Å². The second-order valence-corrected chi connectivity index (χ2v) is 4.54. The largest absolute Gasteiger partial charge is 0.380 e. The van der Waals surface area contributed by atoms with Crippen LogP contribution in [-0.2, 0) is 0 Å². The number of rotatable bonds is 5. The van der Waals surface area contributed by atoms with Gasteiger partial charge >= 0.3 is 0 Å². The quantitative estimate of drug-likeness (QED) is 0.776. The minimum Gasteiger partial charge on any atom is -0.380 e. The van der Waals surface area contributed by atoms with Crippen LogP contribution in [0, 0.1) is 0 Å². The van der Waals surface area contributed by atoms with Crippen molar-refractivity contribution in [2.45, 2.75) is 38.6 Å². The third-order valence-corrected chi connectivity index (χ3v) is 2.76. The molecule has 0 aliphatic heterocycles. The Labute approximate surface area is 91.3 Å². The molecule has 3 nitrogen and oxygen atoms in total. The molecule has 82 valence electrons. The molecule has 1 aliphatic rings. The number of hydrogen-bond acceptors (Lipinski definition) is 3. The van der Waals surface area contributed by atoms with Crippen molar-refractivity contribution in [3.05, 3.63) is 18.3 Å². The van der Waals surface area contributed by atoms with E-state index in [-0.39, 0.29) is 0 Å². The van der Waals surface area contributed by atoms with Gasteiger partial charge in [-0.05, 0) is 32.3 Å². The van der Waals surface area contributed by atoms with Gasteiger partial charge in [0.25, 0.3) is 0 Å². The Morgan fingerprint density at radius 1 is 1.47 bits per heavy atom. The monoisotopic (exact) mass is 205 g/mol. The summed E-state index contributed by atoms with van der Waals surface area (Å²) in [5.41, 5.74) is 1.51. The van der Waals surface area contributed by atoms with E-state index in [0.29, 0.717) is 5.54 Å².